The largest absolute Gasteiger partial charge is 0.378 e. The van der Waals surface area contributed by atoms with Gasteiger partial charge in [-0.25, -0.2) is 24.0 Å². The molecule has 2 rings (SSSR count). The van der Waals surface area contributed by atoms with Crippen molar-refractivity contribution in [2.45, 2.75) is 44.2 Å². The van der Waals surface area contributed by atoms with Gasteiger partial charge in [0.25, 0.3) is 0 Å². The van der Waals surface area contributed by atoms with Crippen molar-refractivity contribution in [1.82, 2.24) is 9.71 Å². The Labute approximate surface area is 125 Å². The predicted molar refractivity (Wildman–Crippen MR) is 80.0 cm³/mol. The fourth-order valence-electron chi connectivity index (χ4n) is 2.45. The molecular formula is C13H22N4O3S. The second kappa shape index (κ2) is 5.88. The number of nitrogens with zero attached hydrogens (tertiary/aromatic N) is 1. The number of ether oxygens (including phenoxy) is 1. The number of hydrogen-bond acceptors (Lipinski definition) is 6. The van der Waals surface area contributed by atoms with E-state index in [0.29, 0.717) is 18.8 Å². The summed E-state index contributed by atoms with van der Waals surface area (Å²) in [6.07, 6.45) is 2.04. The minimum absolute atomic E-state index is 0.0807. The van der Waals surface area contributed by atoms with E-state index >= 15 is 0 Å². The highest BCUT2D eigenvalue weighted by molar-refractivity contribution is 7.89. The summed E-state index contributed by atoms with van der Waals surface area (Å²) in [6.45, 7) is 6.57. The third kappa shape index (κ3) is 3.18. The van der Waals surface area contributed by atoms with Gasteiger partial charge in [-0.05, 0) is 25.5 Å². The first-order valence-electron chi connectivity index (χ1n) is 6.88. The number of sulfonamides is 1. The zero-order chi connectivity index (χ0) is 15.7. The van der Waals surface area contributed by atoms with Crippen molar-refractivity contribution in [2.75, 3.05) is 12.0 Å². The van der Waals surface area contributed by atoms with E-state index in [1.54, 1.807) is 0 Å². The number of nitrogen functional groups attached to an aromatic ring is 1. The van der Waals surface area contributed by atoms with Gasteiger partial charge < -0.3 is 10.2 Å². The molecule has 0 amide bonds. The predicted octanol–water partition coefficient (Wildman–Crippen LogP) is 0.849. The minimum atomic E-state index is -3.59. The molecule has 1 aromatic heterocycles. The number of nitrogens with one attached hydrogen (secondary N) is 2. The Morgan fingerprint density at radius 1 is 1.48 bits per heavy atom. The normalized spacial score (nSPS) is 24.4. The maximum atomic E-state index is 12.3. The third-order valence-corrected chi connectivity index (χ3v) is 5.49. The number of hydrogen-bond donors (Lipinski definition) is 3. The van der Waals surface area contributed by atoms with Crippen LogP contribution in [0.25, 0.3) is 0 Å². The molecule has 1 saturated carbocycles. The van der Waals surface area contributed by atoms with Gasteiger partial charge in [0, 0.05) is 24.3 Å². The molecule has 0 radical (unpaired) electrons. The van der Waals surface area contributed by atoms with Crippen molar-refractivity contribution < 1.29 is 13.2 Å². The average Bonchev–Trinajstić information content (AvgIpc) is 2.46. The SMILES string of the molecule is CCOC1CC(NS(=O)(=O)c2ccc(NN)nc2)C1(C)C. The molecular weight excluding hydrogens is 292 g/mol. The number of hydrazine groups is 1. The molecule has 0 aliphatic heterocycles. The maximum Gasteiger partial charge on any atom is 0.242 e. The standard InChI is InChI=1S/C13H22N4O3S/c1-4-20-11-7-10(13(11,2)3)17-21(18,19)9-5-6-12(16-14)15-8-9/h5-6,8,10-11,17H,4,7,14H2,1-3H3,(H,15,16). The maximum absolute atomic E-state index is 12.3. The first-order valence-corrected chi connectivity index (χ1v) is 8.36. The molecule has 1 aliphatic rings. The van der Waals surface area contributed by atoms with Crippen LogP contribution in [0.3, 0.4) is 0 Å². The zero-order valence-electron chi connectivity index (χ0n) is 12.5. The second-order valence-electron chi connectivity index (χ2n) is 5.70. The molecule has 7 nitrogen and oxygen atoms in total. The highest BCUT2D eigenvalue weighted by Gasteiger charge is 2.50. The molecule has 0 aromatic carbocycles. The summed E-state index contributed by atoms with van der Waals surface area (Å²) in [5, 5.41) is 0. The van der Waals surface area contributed by atoms with Crippen LogP contribution < -0.4 is 16.0 Å². The summed E-state index contributed by atoms with van der Waals surface area (Å²) in [6, 6.07) is 2.84. The first-order chi connectivity index (χ1) is 9.81. The molecule has 1 heterocycles. The Morgan fingerprint density at radius 2 is 2.19 bits per heavy atom. The van der Waals surface area contributed by atoms with E-state index in [2.05, 4.69) is 15.1 Å². The van der Waals surface area contributed by atoms with Crippen molar-refractivity contribution in [3.05, 3.63) is 18.3 Å². The lowest BCUT2D eigenvalue weighted by Gasteiger charge is -2.51. The van der Waals surface area contributed by atoms with E-state index in [4.69, 9.17) is 10.6 Å². The van der Waals surface area contributed by atoms with E-state index < -0.39 is 10.0 Å². The third-order valence-electron chi connectivity index (χ3n) is 4.04. The van der Waals surface area contributed by atoms with Crippen LogP contribution in [0.15, 0.2) is 23.2 Å². The van der Waals surface area contributed by atoms with Crippen molar-refractivity contribution >= 4 is 15.8 Å². The van der Waals surface area contributed by atoms with Gasteiger partial charge in [-0.15, -0.1) is 0 Å². The summed E-state index contributed by atoms with van der Waals surface area (Å²) in [5.74, 6) is 5.62. The van der Waals surface area contributed by atoms with E-state index in [0.717, 1.165) is 0 Å². The smallest absolute Gasteiger partial charge is 0.242 e. The molecule has 1 aliphatic carbocycles. The Hall–Kier alpha value is -1.22. The summed E-state index contributed by atoms with van der Waals surface area (Å²) in [7, 11) is -3.59. The van der Waals surface area contributed by atoms with E-state index in [9.17, 15) is 8.42 Å². The van der Waals surface area contributed by atoms with Crippen molar-refractivity contribution in [3.63, 3.8) is 0 Å². The van der Waals surface area contributed by atoms with Crippen LogP contribution in [-0.4, -0.2) is 32.2 Å². The fraction of sp³-hybridized carbons (Fsp3) is 0.615. The molecule has 0 bridgehead atoms. The van der Waals surface area contributed by atoms with Gasteiger partial charge in [-0.2, -0.15) is 0 Å². The molecule has 1 aromatic rings. The molecule has 1 fully saturated rings. The van der Waals surface area contributed by atoms with Crippen LogP contribution in [-0.2, 0) is 14.8 Å². The topological polar surface area (TPSA) is 106 Å². The van der Waals surface area contributed by atoms with Gasteiger partial charge in [-0.1, -0.05) is 13.8 Å². The van der Waals surface area contributed by atoms with Gasteiger partial charge >= 0.3 is 0 Å². The lowest BCUT2D eigenvalue weighted by Crippen LogP contribution is -2.61. The number of nitrogens with two attached hydrogens (primary N) is 1. The lowest BCUT2D eigenvalue weighted by molar-refractivity contribution is -0.108. The summed E-state index contributed by atoms with van der Waals surface area (Å²) < 4.78 is 33.0. The van der Waals surface area contributed by atoms with Crippen LogP contribution in [0.1, 0.15) is 27.2 Å². The Bertz CT molecular complexity index is 586. The van der Waals surface area contributed by atoms with Crippen LogP contribution in [0, 0.1) is 5.41 Å². The Balaban J connectivity index is 2.08. The first kappa shape index (κ1) is 16.2. The highest BCUT2D eigenvalue weighted by atomic mass is 32.2. The van der Waals surface area contributed by atoms with E-state index in [1.807, 2.05) is 20.8 Å². The summed E-state index contributed by atoms with van der Waals surface area (Å²) in [5.41, 5.74) is 2.13. The van der Waals surface area contributed by atoms with Crippen molar-refractivity contribution in [2.24, 2.45) is 11.3 Å². The van der Waals surface area contributed by atoms with Gasteiger partial charge in [0.05, 0.1) is 6.10 Å². The Kier molecular flexibility index (Phi) is 4.52. The van der Waals surface area contributed by atoms with Crippen LogP contribution >= 0.6 is 0 Å². The number of aromatic nitrogens is 1. The van der Waals surface area contributed by atoms with Gasteiger partial charge in [0.2, 0.25) is 10.0 Å². The monoisotopic (exact) mass is 314 g/mol. The van der Waals surface area contributed by atoms with Gasteiger partial charge in [-0.3, -0.25) is 0 Å². The molecule has 118 valence electrons. The molecule has 0 saturated heterocycles. The molecule has 2 atom stereocenters. The fourth-order valence-corrected chi connectivity index (χ4v) is 3.80. The zero-order valence-corrected chi connectivity index (χ0v) is 13.3. The molecule has 21 heavy (non-hydrogen) atoms. The number of anilines is 1. The molecule has 8 heteroatoms. The quantitative estimate of drug-likeness (QED) is 0.531. The average molecular weight is 314 g/mol. The second-order valence-corrected chi connectivity index (χ2v) is 7.41. The molecule has 4 N–H and O–H groups in total. The van der Waals surface area contributed by atoms with Gasteiger partial charge in [0.15, 0.2) is 0 Å². The van der Waals surface area contributed by atoms with Crippen molar-refractivity contribution in [1.29, 1.82) is 0 Å². The Morgan fingerprint density at radius 3 is 2.67 bits per heavy atom. The highest BCUT2D eigenvalue weighted by Crippen LogP contribution is 2.43. The summed E-state index contributed by atoms with van der Waals surface area (Å²) >= 11 is 0. The molecule has 2 unspecified atom stereocenters. The van der Waals surface area contributed by atoms with Crippen LogP contribution in [0.5, 0.6) is 0 Å². The number of pyridine rings is 1. The van der Waals surface area contributed by atoms with E-state index in [-0.39, 0.29) is 22.5 Å². The van der Waals surface area contributed by atoms with Gasteiger partial charge in [0.1, 0.15) is 10.7 Å². The summed E-state index contributed by atoms with van der Waals surface area (Å²) in [4.78, 5) is 4.04. The van der Waals surface area contributed by atoms with Crippen LogP contribution in [0.4, 0.5) is 5.82 Å². The van der Waals surface area contributed by atoms with Crippen LogP contribution in [0.2, 0.25) is 0 Å². The lowest BCUT2D eigenvalue weighted by atomic mass is 9.65. The molecule has 0 spiro atoms. The number of rotatable bonds is 6. The van der Waals surface area contributed by atoms with E-state index in [1.165, 1.54) is 18.3 Å². The van der Waals surface area contributed by atoms with Crippen molar-refractivity contribution in [3.8, 4) is 0 Å². The minimum Gasteiger partial charge on any atom is -0.378 e.